The van der Waals surface area contributed by atoms with Crippen LogP contribution in [0.4, 0.5) is 20.6 Å². The third-order valence-electron chi connectivity index (χ3n) is 4.72. The van der Waals surface area contributed by atoms with Gasteiger partial charge in [0.15, 0.2) is 0 Å². The second-order valence-electron chi connectivity index (χ2n) is 6.84. The quantitative estimate of drug-likeness (QED) is 0.738. The number of carbonyl (C=O) groups excluding carboxylic acids is 2. The van der Waals surface area contributed by atoms with Crippen molar-refractivity contribution in [3.8, 4) is 0 Å². The Bertz CT molecular complexity index is 722. The highest BCUT2D eigenvalue weighted by molar-refractivity contribution is 5.90. The second kappa shape index (κ2) is 6.73. The van der Waals surface area contributed by atoms with Crippen molar-refractivity contribution >= 4 is 23.4 Å². The van der Waals surface area contributed by atoms with E-state index in [2.05, 4.69) is 0 Å². The maximum atomic E-state index is 14.5. The zero-order valence-corrected chi connectivity index (χ0v) is 14.9. The molecule has 9 heteroatoms. The predicted octanol–water partition coefficient (Wildman–Crippen LogP) is 1.72. The van der Waals surface area contributed by atoms with Crippen molar-refractivity contribution in [3.63, 3.8) is 0 Å². The molecule has 0 aliphatic carbocycles. The first-order valence-electron chi connectivity index (χ1n) is 8.25. The number of cyclic esters (lactones) is 1. The summed E-state index contributed by atoms with van der Waals surface area (Å²) in [7, 11) is 1.63. The minimum absolute atomic E-state index is 0.0785. The maximum absolute atomic E-state index is 14.5. The number of rotatable bonds is 5. The van der Waals surface area contributed by atoms with Crippen LogP contribution in [0.1, 0.15) is 13.8 Å². The standard InChI is InChI=1S/C17H21FN3O5/c1-11(22)21(24)8-13-7-20(16(23)26-13)12-4-5-15(14(18)6-12)19-9-17(2,10-19)25-3/h4-6,13H,7-10H2,1-3H3/q-1. The van der Waals surface area contributed by atoms with Gasteiger partial charge >= 0.3 is 6.09 Å². The number of benzene rings is 1. The molecule has 0 saturated carbocycles. The van der Waals surface area contributed by atoms with E-state index in [9.17, 15) is 19.2 Å². The Morgan fingerprint density at radius 3 is 2.77 bits per heavy atom. The molecule has 0 spiro atoms. The fourth-order valence-electron chi connectivity index (χ4n) is 3.12. The summed E-state index contributed by atoms with van der Waals surface area (Å²) >= 11 is 0. The Balaban J connectivity index is 1.68. The molecule has 0 aromatic heterocycles. The van der Waals surface area contributed by atoms with Crippen LogP contribution in [0.15, 0.2) is 18.2 Å². The van der Waals surface area contributed by atoms with Gasteiger partial charge in [-0.2, -0.15) is 0 Å². The highest BCUT2D eigenvalue weighted by atomic mass is 19.1. The zero-order valence-electron chi connectivity index (χ0n) is 14.9. The Labute approximate surface area is 150 Å². The summed E-state index contributed by atoms with van der Waals surface area (Å²) < 4.78 is 24.9. The second-order valence-corrected chi connectivity index (χ2v) is 6.84. The lowest BCUT2D eigenvalue weighted by atomic mass is 9.95. The number of halogens is 1. The van der Waals surface area contributed by atoms with Crippen LogP contribution < -0.4 is 9.80 Å². The molecule has 26 heavy (non-hydrogen) atoms. The summed E-state index contributed by atoms with van der Waals surface area (Å²) in [4.78, 5) is 26.1. The maximum Gasteiger partial charge on any atom is 0.414 e. The molecule has 142 valence electrons. The number of methoxy groups -OCH3 is 1. The fourth-order valence-corrected chi connectivity index (χ4v) is 3.12. The molecule has 8 nitrogen and oxygen atoms in total. The van der Waals surface area contributed by atoms with Gasteiger partial charge in [0, 0.05) is 33.7 Å². The van der Waals surface area contributed by atoms with Crippen LogP contribution in [-0.4, -0.2) is 62.1 Å². The molecule has 2 aliphatic heterocycles. The first kappa shape index (κ1) is 18.4. The van der Waals surface area contributed by atoms with Crippen molar-refractivity contribution in [1.82, 2.24) is 5.06 Å². The van der Waals surface area contributed by atoms with Gasteiger partial charge in [0.25, 0.3) is 0 Å². The summed E-state index contributed by atoms with van der Waals surface area (Å²) in [6.45, 7) is 4.09. The molecular weight excluding hydrogens is 345 g/mol. The molecule has 1 aromatic rings. The SMILES string of the molecule is COC1(C)CN(c2ccc(N3CC(CN([O-])C(C)=O)OC3=O)cc2F)C1. The number of hydrogen-bond acceptors (Lipinski definition) is 6. The minimum atomic E-state index is -0.746. The van der Waals surface area contributed by atoms with Crippen molar-refractivity contribution in [1.29, 1.82) is 0 Å². The number of nitrogens with zero attached hydrogens (tertiary/aromatic N) is 3. The minimum Gasteiger partial charge on any atom is -0.756 e. The molecule has 0 radical (unpaired) electrons. The van der Waals surface area contributed by atoms with E-state index in [0.717, 1.165) is 6.92 Å². The van der Waals surface area contributed by atoms with Gasteiger partial charge in [-0.3, -0.25) is 9.69 Å². The molecule has 1 unspecified atom stereocenters. The summed E-state index contributed by atoms with van der Waals surface area (Å²) in [5.41, 5.74) is 0.501. The van der Waals surface area contributed by atoms with Crippen molar-refractivity contribution in [2.45, 2.75) is 25.6 Å². The van der Waals surface area contributed by atoms with E-state index in [4.69, 9.17) is 9.47 Å². The summed E-state index contributed by atoms with van der Waals surface area (Å²) in [5, 5.41) is 11.7. The third kappa shape index (κ3) is 3.45. The van der Waals surface area contributed by atoms with Crippen molar-refractivity contribution in [2.75, 3.05) is 43.1 Å². The van der Waals surface area contributed by atoms with Crippen LogP contribution in [0.3, 0.4) is 0 Å². The normalized spacial score (nSPS) is 21.4. The van der Waals surface area contributed by atoms with Crippen LogP contribution >= 0.6 is 0 Å². The number of hydrogen-bond donors (Lipinski definition) is 0. The lowest BCUT2D eigenvalue weighted by molar-refractivity contribution is -0.127. The predicted molar refractivity (Wildman–Crippen MR) is 92.4 cm³/mol. The molecule has 2 aliphatic rings. The Kier molecular flexibility index (Phi) is 4.76. The van der Waals surface area contributed by atoms with Gasteiger partial charge in [0.2, 0.25) is 5.91 Å². The van der Waals surface area contributed by atoms with E-state index in [0.29, 0.717) is 24.5 Å². The van der Waals surface area contributed by atoms with Crippen LogP contribution in [0.25, 0.3) is 0 Å². The molecule has 2 fully saturated rings. The first-order valence-corrected chi connectivity index (χ1v) is 8.25. The third-order valence-corrected chi connectivity index (χ3v) is 4.72. The van der Waals surface area contributed by atoms with Gasteiger partial charge in [0.05, 0.1) is 23.5 Å². The first-order chi connectivity index (χ1) is 12.2. The van der Waals surface area contributed by atoms with Crippen LogP contribution in [0, 0.1) is 11.0 Å². The van der Waals surface area contributed by atoms with E-state index in [1.807, 2.05) is 11.8 Å². The Morgan fingerprint density at radius 1 is 1.50 bits per heavy atom. The highest BCUT2D eigenvalue weighted by Gasteiger charge is 2.40. The largest absolute Gasteiger partial charge is 0.756 e. The lowest BCUT2D eigenvalue weighted by Gasteiger charge is -2.48. The van der Waals surface area contributed by atoms with Gasteiger partial charge in [0.1, 0.15) is 11.9 Å². The van der Waals surface area contributed by atoms with Crippen LogP contribution in [0.5, 0.6) is 0 Å². The summed E-state index contributed by atoms with van der Waals surface area (Å²) in [5.74, 6) is -1.11. The van der Waals surface area contributed by atoms with Crippen molar-refractivity contribution < 1.29 is 23.5 Å². The van der Waals surface area contributed by atoms with Gasteiger partial charge < -0.3 is 24.6 Å². The fraction of sp³-hybridized carbons (Fsp3) is 0.529. The molecule has 0 N–H and O–H groups in total. The van der Waals surface area contributed by atoms with Crippen molar-refractivity contribution in [2.24, 2.45) is 0 Å². The molecule has 1 aromatic carbocycles. The Hall–Kier alpha value is -2.39. The number of amides is 2. The molecule has 2 heterocycles. The smallest absolute Gasteiger partial charge is 0.414 e. The van der Waals surface area contributed by atoms with Crippen LogP contribution in [-0.2, 0) is 14.3 Å². The number of hydroxylamine groups is 2. The summed E-state index contributed by atoms with van der Waals surface area (Å²) in [6.07, 6.45) is -1.42. The van der Waals surface area contributed by atoms with Gasteiger partial charge in [-0.05, 0) is 25.1 Å². The highest BCUT2D eigenvalue weighted by Crippen LogP contribution is 2.34. The number of carbonyl (C=O) groups is 2. The lowest BCUT2D eigenvalue weighted by Crippen LogP contribution is -2.61. The van der Waals surface area contributed by atoms with E-state index < -0.39 is 23.9 Å². The topological polar surface area (TPSA) is 85.4 Å². The molecule has 3 rings (SSSR count). The van der Waals surface area contributed by atoms with E-state index in [1.54, 1.807) is 19.2 Å². The van der Waals surface area contributed by atoms with E-state index in [-0.39, 0.29) is 23.8 Å². The average molecular weight is 366 g/mol. The van der Waals surface area contributed by atoms with E-state index >= 15 is 0 Å². The van der Waals surface area contributed by atoms with Crippen molar-refractivity contribution in [3.05, 3.63) is 29.2 Å². The number of ether oxygens (including phenoxy) is 2. The van der Waals surface area contributed by atoms with Gasteiger partial charge in [-0.15, -0.1) is 0 Å². The molecule has 0 bridgehead atoms. The average Bonchev–Trinajstić information content (AvgIpc) is 2.92. The Morgan fingerprint density at radius 2 is 2.19 bits per heavy atom. The summed E-state index contributed by atoms with van der Waals surface area (Å²) in [6, 6.07) is 4.50. The molecule has 2 amide bonds. The molecule has 2 saturated heterocycles. The van der Waals surface area contributed by atoms with Gasteiger partial charge in [-0.25, -0.2) is 9.18 Å². The number of anilines is 2. The van der Waals surface area contributed by atoms with Crippen LogP contribution in [0.2, 0.25) is 0 Å². The molecule has 1 atom stereocenters. The zero-order chi connectivity index (χ0) is 19.1. The van der Waals surface area contributed by atoms with Gasteiger partial charge in [-0.1, -0.05) is 0 Å². The van der Waals surface area contributed by atoms with E-state index in [1.165, 1.54) is 11.0 Å². The monoisotopic (exact) mass is 366 g/mol. The molecular formula is C17H21FN3O5-.